The number of nitrogens with zero attached hydrogens (tertiary/aromatic N) is 2. The van der Waals surface area contributed by atoms with Crippen LogP contribution in [0.5, 0.6) is 5.75 Å². The van der Waals surface area contributed by atoms with E-state index in [0.717, 1.165) is 22.7 Å². The average molecular weight is 463 g/mol. The van der Waals surface area contributed by atoms with Crippen molar-refractivity contribution in [3.05, 3.63) is 64.2 Å². The van der Waals surface area contributed by atoms with Gasteiger partial charge in [-0.2, -0.15) is 0 Å². The molecular weight excluding hydrogens is 448 g/mol. The third-order valence-corrected chi connectivity index (χ3v) is 2.84. The van der Waals surface area contributed by atoms with E-state index in [1.807, 2.05) is 31.2 Å². The molecule has 2 aromatic rings. The molecule has 2 rings (SSSR count). The van der Waals surface area contributed by atoms with Crippen LogP contribution in [0, 0.1) is 10.1 Å². The van der Waals surface area contributed by atoms with Crippen molar-refractivity contribution in [2.24, 2.45) is 4.99 Å². The molecule has 0 unspecified atom stereocenters. The first-order valence-corrected chi connectivity index (χ1v) is 6.04. The van der Waals surface area contributed by atoms with Gasteiger partial charge >= 0.3 is 0 Å². The average Bonchev–Trinajstić information content (AvgIpc) is 2.48. The second-order valence-electron chi connectivity index (χ2n) is 4.20. The van der Waals surface area contributed by atoms with E-state index in [9.17, 15) is 10.1 Å². The number of aliphatic imine (C=N–C) groups is 1. The van der Waals surface area contributed by atoms with Crippen LogP contribution in [0.2, 0.25) is 0 Å². The summed E-state index contributed by atoms with van der Waals surface area (Å²) in [6, 6.07) is 13.7. The molecule has 0 N–H and O–H groups in total. The number of ether oxygens (including phenoxy) is 1. The Labute approximate surface area is 136 Å². The Balaban J connectivity index is 0.00000220. The second kappa shape index (κ2) is 7.67. The summed E-state index contributed by atoms with van der Waals surface area (Å²) < 4.78 is 5.08. The van der Waals surface area contributed by atoms with Crippen LogP contribution in [0.15, 0.2) is 53.5 Å². The van der Waals surface area contributed by atoms with Crippen LogP contribution in [0.25, 0.3) is 0 Å². The largest absolute Gasteiger partial charge is 0.497 e. The smallest absolute Gasteiger partial charge is 0.270 e. The number of nitro benzene ring substituents is 1. The molecule has 0 spiro atoms. The summed E-state index contributed by atoms with van der Waals surface area (Å²) in [4.78, 5) is 14.8. The van der Waals surface area contributed by atoms with E-state index in [-0.39, 0.29) is 25.8 Å². The molecule has 0 saturated carbocycles. The molecule has 0 bridgehead atoms. The number of hydrogen-bond donors (Lipinski definition) is 0. The standard InChI is InChI=1S/C15H14N2O3.Ir/c1-11(12-4-3-5-14(10-12)17(18)19)16-13-6-8-15(20-2)9-7-13;/h3-10H,1-2H3;/b16-11+;. The first-order valence-electron chi connectivity index (χ1n) is 6.04. The monoisotopic (exact) mass is 463 g/mol. The molecule has 0 aliphatic rings. The first kappa shape index (κ1) is 17.0. The van der Waals surface area contributed by atoms with E-state index in [1.165, 1.54) is 12.1 Å². The fourth-order valence-corrected chi connectivity index (χ4v) is 1.76. The molecule has 0 fully saturated rings. The molecule has 0 amide bonds. The van der Waals surface area contributed by atoms with Gasteiger partial charge in [0.25, 0.3) is 5.69 Å². The molecule has 0 aliphatic carbocycles. The Morgan fingerprint density at radius 3 is 2.43 bits per heavy atom. The van der Waals surface area contributed by atoms with Crippen molar-refractivity contribution < 1.29 is 29.8 Å². The van der Waals surface area contributed by atoms with Crippen LogP contribution >= 0.6 is 0 Å². The first-order chi connectivity index (χ1) is 9.60. The fourth-order valence-electron chi connectivity index (χ4n) is 1.76. The number of rotatable bonds is 4. The Hall–Kier alpha value is -2.04. The van der Waals surface area contributed by atoms with Crippen LogP contribution in [0.3, 0.4) is 0 Å². The molecule has 0 aliphatic heterocycles. The maximum Gasteiger partial charge on any atom is 0.270 e. The van der Waals surface area contributed by atoms with Crippen LogP contribution in [-0.2, 0) is 20.1 Å². The molecule has 5 nitrogen and oxygen atoms in total. The number of benzene rings is 2. The third-order valence-electron chi connectivity index (χ3n) is 2.84. The molecule has 2 aromatic carbocycles. The van der Waals surface area contributed by atoms with Gasteiger partial charge in [0, 0.05) is 43.5 Å². The summed E-state index contributed by atoms with van der Waals surface area (Å²) in [6.45, 7) is 1.82. The van der Waals surface area contributed by atoms with E-state index >= 15 is 0 Å². The van der Waals surface area contributed by atoms with Crippen molar-refractivity contribution in [1.82, 2.24) is 0 Å². The van der Waals surface area contributed by atoms with Crippen molar-refractivity contribution >= 4 is 17.1 Å². The second-order valence-corrected chi connectivity index (χ2v) is 4.20. The SMILES string of the molecule is COc1ccc(/N=C(\C)c2cccc([N+](=O)[O-])c2)cc1.[Ir]. The molecule has 1 radical (unpaired) electrons. The Morgan fingerprint density at radius 1 is 1.19 bits per heavy atom. The van der Waals surface area contributed by atoms with Crippen molar-refractivity contribution in [3.8, 4) is 5.75 Å². The van der Waals surface area contributed by atoms with E-state index < -0.39 is 4.92 Å². The molecule has 0 saturated heterocycles. The minimum absolute atomic E-state index is 0. The van der Waals surface area contributed by atoms with Crippen LogP contribution in [0.1, 0.15) is 12.5 Å². The Kier molecular flexibility index (Phi) is 6.21. The summed E-state index contributed by atoms with van der Waals surface area (Å²) in [6.07, 6.45) is 0. The summed E-state index contributed by atoms with van der Waals surface area (Å²) in [5.41, 5.74) is 2.29. The fraction of sp³-hybridized carbons (Fsp3) is 0.133. The maximum absolute atomic E-state index is 10.8. The number of nitro groups is 1. The van der Waals surface area contributed by atoms with Gasteiger partial charge in [-0.15, -0.1) is 0 Å². The zero-order valence-corrected chi connectivity index (χ0v) is 14.0. The topological polar surface area (TPSA) is 64.7 Å². The quantitative estimate of drug-likeness (QED) is 0.395. The number of non-ortho nitro benzene ring substituents is 1. The predicted molar refractivity (Wildman–Crippen MR) is 78.0 cm³/mol. The van der Waals surface area contributed by atoms with Gasteiger partial charge in [0.2, 0.25) is 0 Å². The van der Waals surface area contributed by atoms with Gasteiger partial charge in [-0.3, -0.25) is 15.1 Å². The van der Waals surface area contributed by atoms with Gasteiger partial charge in [0.15, 0.2) is 0 Å². The Bertz CT molecular complexity index is 654. The van der Waals surface area contributed by atoms with Crippen LogP contribution in [0.4, 0.5) is 11.4 Å². The summed E-state index contributed by atoms with van der Waals surface area (Å²) in [7, 11) is 1.60. The molecule has 6 heteroatoms. The van der Waals surface area contributed by atoms with Gasteiger partial charge in [-0.05, 0) is 31.2 Å². The number of hydrogen-bond acceptors (Lipinski definition) is 4. The van der Waals surface area contributed by atoms with Crippen LogP contribution < -0.4 is 4.74 Å². The van der Waals surface area contributed by atoms with Crippen molar-refractivity contribution in [2.45, 2.75) is 6.92 Å². The van der Waals surface area contributed by atoms with E-state index in [4.69, 9.17) is 4.74 Å². The zero-order valence-electron chi connectivity index (χ0n) is 11.6. The normalized spacial score (nSPS) is 10.7. The molecule has 111 valence electrons. The minimum atomic E-state index is -0.413. The van der Waals surface area contributed by atoms with Crippen molar-refractivity contribution in [2.75, 3.05) is 7.11 Å². The number of methoxy groups -OCH3 is 1. The van der Waals surface area contributed by atoms with Crippen molar-refractivity contribution in [1.29, 1.82) is 0 Å². The summed E-state index contributed by atoms with van der Waals surface area (Å²) in [5, 5.41) is 10.8. The molecule has 0 aromatic heterocycles. The van der Waals surface area contributed by atoms with Gasteiger partial charge in [-0.25, -0.2) is 0 Å². The summed E-state index contributed by atoms with van der Waals surface area (Å²) >= 11 is 0. The maximum atomic E-state index is 10.8. The van der Waals surface area contributed by atoms with Gasteiger partial charge < -0.3 is 4.74 Å². The summed E-state index contributed by atoms with van der Waals surface area (Å²) in [5.74, 6) is 0.761. The van der Waals surface area contributed by atoms with Crippen molar-refractivity contribution in [3.63, 3.8) is 0 Å². The van der Waals surface area contributed by atoms with Gasteiger partial charge in [-0.1, -0.05) is 12.1 Å². The third kappa shape index (κ3) is 4.48. The molecule has 0 heterocycles. The molecule has 21 heavy (non-hydrogen) atoms. The van der Waals surface area contributed by atoms with Gasteiger partial charge in [0.1, 0.15) is 5.75 Å². The zero-order chi connectivity index (χ0) is 14.5. The van der Waals surface area contributed by atoms with Crippen LogP contribution in [-0.4, -0.2) is 17.7 Å². The molecule has 0 atom stereocenters. The predicted octanol–water partition coefficient (Wildman–Crippen LogP) is 3.74. The van der Waals surface area contributed by atoms with E-state index in [2.05, 4.69) is 4.99 Å². The van der Waals surface area contributed by atoms with Gasteiger partial charge in [0.05, 0.1) is 17.7 Å². The minimum Gasteiger partial charge on any atom is -0.497 e. The van der Waals surface area contributed by atoms with E-state index in [0.29, 0.717) is 0 Å². The van der Waals surface area contributed by atoms with E-state index in [1.54, 1.807) is 19.2 Å². The Morgan fingerprint density at radius 2 is 1.86 bits per heavy atom. The molecular formula is C15H14IrN2O3.